The van der Waals surface area contributed by atoms with Crippen LogP contribution in [0.3, 0.4) is 0 Å². The van der Waals surface area contributed by atoms with Crippen LogP contribution in [0.4, 0.5) is 13.2 Å². The van der Waals surface area contributed by atoms with Crippen molar-refractivity contribution in [2.45, 2.75) is 18.3 Å². The van der Waals surface area contributed by atoms with Crippen LogP contribution in [0.25, 0.3) is 0 Å². The maximum atomic E-state index is 13.1. The Morgan fingerprint density at radius 1 is 1.25 bits per heavy atom. The molecule has 3 heterocycles. The van der Waals surface area contributed by atoms with Crippen LogP contribution in [0.1, 0.15) is 27.3 Å². The van der Waals surface area contributed by atoms with Gasteiger partial charge in [0.25, 0.3) is 18.3 Å². The molecule has 1 aliphatic heterocycles. The fraction of sp³-hybridized carbons (Fsp3) is 0.211. The van der Waals surface area contributed by atoms with E-state index in [9.17, 15) is 22.8 Å². The van der Waals surface area contributed by atoms with Gasteiger partial charge in [-0.1, -0.05) is 21.7 Å². The molecule has 166 valence electrons. The highest BCUT2D eigenvalue weighted by atomic mass is 32.1. The lowest BCUT2D eigenvalue weighted by atomic mass is 9.81. The molecule has 2 aromatic heterocycles. The summed E-state index contributed by atoms with van der Waals surface area (Å²) in [5.41, 5.74) is -0.455. The SMILES string of the molecule is O=COc1nnsc1C(=O)NC1(c2ccc(OC(F)(F)F)cc2)CCOc2cccnc21. The number of carbonyl (C=O) groups excluding carboxylic acids is 2. The standard InChI is InChI=1S/C19H13F3N4O5S/c20-19(21,22)31-12-5-3-11(4-6-12)18(7-9-29-13-2-1-8-23-15(13)18)24-16(28)14-17(30-10-27)25-26-32-14/h1-6,8,10H,7,9H2,(H,24,28). The largest absolute Gasteiger partial charge is 0.573 e. The van der Waals surface area contributed by atoms with Crippen molar-refractivity contribution in [3.8, 4) is 17.4 Å². The fourth-order valence-electron chi connectivity index (χ4n) is 3.37. The lowest BCUT2D eigenvalue weighted by molar-refractivity contribution is -0.274. The molecule has 1 aromatic carbocycles. The van der Waals surface area contributed by atoms with E-state index in [4.69, 9.17) is 4.74 Å². The van der Waals surface area contributed by atoms with Gasteiger partial charge in [0.15, 0.2) is 4.88 Å². The Balaban J connectivity index is 1.76. The van der Waals surface area contributed by atoms with Gasteiger partial charge in [0.05, 0.1) is 6.61 Å². The number of carbonyl (C=O) groups is 2. The topological polar surface area (TPSA) is 113 Å². The van der Waals surface area contributed by atoms with Crippen LogP contribution in [-0.2, 0) is 10.3 Å². The molecule has 9 nitrogen and oxygen atoms in total. The number of rotatable bonds is 6. The molecule has 1 atom stereocenters. The van der Waals surface area contributed by atoms with Crippen molar-refractivity contribution < 1.29 is 37.0 Å². The summed E-state index contributed by atoms with van der Waals surface area (Å²) in [6, 6.07) is 8.41. The average Bonchev–Trinajstić information content (AvgIpc) is 3.22. The molecule has 0 bridgehead atoms. The molecule has 3 aromatic rings. The molecule has 13 heteroatoms. The summed E-state index contributed by atoms with van der Waals surface area (Å²) in [5, 5.41) is 6.46. The average molecular weight is 466 g/mol. The Labute approximate surface area is 182 Å². The quantitative estimate of drug-likeness (QED) is 0.552. The molecule has 1 aliphatic rings. The Hall–Kier alpha value is -3.74. The van der Waals surface area contributed by atoms with Gasteiger partial charge in [-0.25, -0.2) is 0 Å². The van der Waals surface area contributed by atoms with E-state index in [1.165, 1.54) is 18.3 Å². The number of fused-ring (bicyclic) bond motifs is 1. The number of aromatic nitrogens is 3. The van der Waals surface area contributed by atoms with Crippen LogP contribution < -0.4 is 19.5 Å². The summed E-state index contributed by atoms with van der Waals surface area (Å²) in [7, 11) is 0. The molecule has 1 N–H and O–H groups in total. The van der Waals surface area contributed by atoms with Gasteiger partial charge < -0.3 is 19.5 Å². The van der Waals surface area contributed by atoms with Crippen molar-refractivity contribution in [3.05, 3.63) is 58.7 Å². The Morgan fingerprint density at radius 2 is 2.03 bits per heavy atom. The predicted octanol–water partition coefficient (Wildman–Crippen LogP) is 2.82. The number of hydrogen-bond acceptors (Lipinski definition) is 9. The minimum Gasteiger partial charge on any atom is -0.491 e. The van der Waals surface area contributed by atoms with Crippen molar-refractivity contribution in [1.82, 2.24) is 19.9 Å². The predicted molar refractivity (Wildman–Crippen MR) is 102 cm³/mol. The molecule has 0 spiro atoms. The molecule has 0 saturated heterocycles. The third-order valence-corrected chi connectivity index (χ3v) is 5.35. The summed E-state index contributed by atoms with van der Waals surface area (Å²) < 4.78 is 55.5. The van der Waals surface area contributed by atoms with Crippen LogP contribution in [0.5, 0.6) is 17.4 Å². The highest BCUT2D eigenvalue weighted by Gasteiger charge is 2.43. The smallest absolute Gasteiger partial charge is 0.491 e. The molecule has 1 amide bonds. The summed E-state index contributed by atoms with van der Waals surface area (Å²) in [6.07, 6.45) is -3.11. The van der Waals surface area contributed by atoms with Gasteiger partial charge in [0, 0.05) is 12.6 Å². The zero-order valence-corrected chi connectivity index (χ0v) is 16.8. The van der Waals surface area contributed by atoms with Gasteiger partial charge in [-0.3, -0.25) is 14.6 Å². The van der Waals surface area contributed by atoms with Crippen LogP contribution >= 0.6 is 11.5 Å². The summed E-state index contributed by atoms with van der Waals surface area (Å²) in [6.45, 7) is 0.312. The second-order valence-corrected chi connectivity index (χ2v) is 7.26. The number of nitrogens with zero attached hydrogens (tertiary/aromatic N) is 3. The first kappa shape index (κ1) is 21.5. The monoisotopic (exact) mass is 466 g/mol. The van der Waals surface area contributed by atoms with Crippen LogP contribution in [0, 0.1) is 0 Å². The number of hydrogen-bond donors (Lipinski definition) is 1. The van der Waals surface area contributed by atoms with Crippen LogP contribution in [-0.4, -0.2) is 39.9 Å². The maximum Gasteiger partial charge on any atom is 0.573 e. The second-order valence-electron chi connectivity index (χ2n) is 6.50. The molecule has 1 unspecified atom stereocenters. The van der Waals surface area contributed by atoms with E-state index in [-0.39, 0.29) is 30.3 Å². The van der Waals surface area contributed by atoms with E-state index in [0.717, 1.165) is 12.1 Å². The van der Waals surface area contributed by atoms with Crippen molar-refractivity contribution in [1.29, 1.82) is 0 Å². The van der Waals surface area contributed by atoms with Crippen molar-refractivity contribution in [2.75, 3.05) is 6.61 Å². The van der Waals surface area contributed by atoms with E-state index in [1.807, 2.05) is 0 Å². The van der Waals surface area contributed by atoms with E-state index >= 15 is 0 Å². The van der Waals surface area contributed by atoms with Crippen molar-refractivity contribution in [2.24, 2.45) is 0 Å². The number of nitrogens with one attached hydrogen (secondary N) is 1. The number of benzene rings is 1. The highest BCUT2D eigenvalue weighted by Crippen LogP contribution is 2.41. The molecule has 0 fully saturated rings. The van der Waals surface area contributed by atoms with E-state index in [0.29, 0.717) is 28.5 Å². The molecular formula is C19H13F3N4O5S. The van der Waals surface area contributed by atoms with Crippen molar-refractivity contribution in [3.63, 3.8) is 0 Å². The van der Waals surface area contributed by atoms with E-state index < -0.39 is 23.6 Å². The molecule has 4 rings (SSSR count). The van der Waals surface area contributed by atoms with E-state index in [2.05, 4.69) is 29.4 Å². The van der Waals surface area contributed by atoms with Crippen LogP contribution in [0.15, 0.2) is 42.6 Å². The fourth-order valence-corrected chi connectivity index (χ4v) is 3.87. The normalized spacial score (nSPS) is 17.6. The van der Waals surface area contributed by atoms with E-state index in [1.54, 1.807) is 12.1 Å². The highest BCUT2D eigenvalue weighted by molar-refractivity contribution is 7.08. The number of halogens is 3. The lowest BCUT2D eigenvalue weighted by Gasteiger charge is -2.38. The van der Waals surface area contributed by atoms with Crippen molar-refractivity contribution >= 4 is 23.9 Å². The molecule has 0 aliphatic carbocycles. The molecular weight excluding hydrogens is 453 g/mol. The van der Waals surface area contributed by atoms with Gasteiger partial charge in [-0.15, -0.1) is 13.2 Å². The third-order valence-electron chi connectivity index (χ3n) is 4.64. The lowest BCUT2D eigenvalue weighted by Crippen LogP contribution is -2.50. The zero-order valence-electron chi connectivity index (χ0n) is 16.0. The minimum atomic E-state index is -4.84. The summed E-state index contributed by atoms with van der Waals surface area (Å²) >= 11 is 0.716. The van der Waals surface area contributed by atoms with Gasteiger partial charge >= 0.3 is 6.36 Å². The second kappa shape index (κ2) is 8.42. The molecule has 32 heavy (non-hydrogen) atoms. The first-order valence-electron chi connectivity index (χ1n) is 9.02. The maximum absolute atomic E-state index is 13.1. The van der Waals surface area contributed by atoms with Gasteiger partial charge in [-0.05, 0) is 41.4 Å². The van der Waals surface area contributed by atoms with Gasteiger partial charge in [-0.2, -0.15) is 0 Å². The number of ether oxygens (including phenoxy) is 3. The van der Waals surface area contributed by atoms with Crippen LogP contribution in [0.2, 0.25) is 0 Å². The molecule has 0 radical (unpaired) electrons. The number of alkyl halides is 3. The Kier molecular flexibility index (Phi) is 5.65. The first-order chi connectivity index (χ1) is 15.3. The zero-order chi connectivity index (χ0) is 22.8. The van der Waals surface area contributed by atoms with Gasteiger partial charge in [0.1, 0.15) is 22.7 Å². The summed E-state index contributed by atoms with van der Waals surface area (Å²) in [4.78, 5) is 28.1. The first-order valence-corrected chi connectivity index (χ1v) is 9.79. The Bertz CT molecular complexity index is 1140. The molecule has 0 saturated carbocycles. The van der Waals surface area contributed by atoms with Gasteiger partial charge in [0.2, 0.25) is 0 Å². The summed E-state index contributed by atoms with van der Waals surface area (Å²) in [5.74, 6) is -0.934. The third kappa shape index (κ3) is 4.19. The minimum absolute atomic E-state index is 0.0579. The number of pyridine rings is 1. The number of amides is 1. The Morgan fingerprint density at radius 3 is 2.75 bits per heavy atom.